The first-order chi connectivity index (χ1) is 20.0. The van der Waals surface area contributed by atoms with Crippen molar-refractivity contribution in [3.05, 3.63) is 80.6 Å². The number of nitrogens with one attached hydrogen (secondary N) is 2. The van der Waals surface area contributed by atoms with E-state index < -0.39 is 11.4 Å². The number of H-pyrrole nitrogens is 1. The average Bonchev–Trinajstić information content (AvgIpc) is 3.39. The number of halogens is 1. The van der Waals surface area contributed by atoms with E-state index in [0.29, 0.717) is 16.5 Å². The lowest BCUT2D eigenvalue weighted by atomic mass is 9.71. The van der Waals surface area contributed by atoms with E-state index in [2.05, 4.69) is 55.9 Å². The van der Waals surface area contributed by atoms with E-state index in [4.69, 9.17) is 9.97 Å². The number of aromatic amines is 1. The molecule has 1 aromatic carbocycles. The Labute approximate surface area is 250 Å². The molecule has 3 heterocycles. The van der Waals surface area contributed by atoms with Crippen molar-refractivity contribution in [3.8, 4) is 11.1 Å². The number of rotatable bonds is 9. The maximum absolute atomic E-state index is 13.8. The van der Waals surface area contributed by atoms with Crippen LogP contribution in [0.15, 0.2) is 47.4 Å². The third-order valence-electron chi connectivity index (χ3n) is 8.61. The molecule has 0 bridgehead atoms. The predicted molar refractivity (Wildman–Crippen MR) is 167 cm³/mol. The minimum atomic E-state index is -0.818. The maximum atomic E-state index is 13.8. The van der Waals surface area contributed by atoms with Crippen molar-refractivity contribution in [2.75, 3.05) is 19.6 Å². The molecule has 42 heavy (non-hydrogen) atoms. The van der Waals surface area contributed by atoms with Gasteiger partial charge in [-0.3, -0.25) is 9.59 Å². The van der Waals surface area contributed by atoms with Crippen LogP contribution in [0.5, 0.6) is 0 Å². The second-order valence-corrected chi connectivity index (χ2v) is 13.2. The number of carbonyl (C=O) groups excluding carboxylic acids is 1. The van der Waals surface area contributed by atoms with Crippen molar-refractivity contribution < 1.29 is 9.18 Å². The van der Waals surface area contributed by atoms with E-state index in [1.807, 2.05) is 24.3 Å². The van der Waals surface area contributed by atoms with E-state index in [9.17, 15) is 14.0 Å². The Hall–Kier alpha value is -3.43. The van der Waals surface area contributed by atoms with Gasteiger partial charge in [0.1, 0.15) is 10.3 Å². The Balaban J connectivity index is 1.38. The fourth-order valence-electron chi connectivity index (χ4n) is 5.77. The number of aryl methyl sites for hydroxylation is 1. The van der Waals surface area contributed by atoms with Gasteiger partial charge in [0.2, 0.25) is 0 Å². The summed E-state index contributed by atoms with van der Waals surface area (Å²) >= 11 is 1.35. The molecule has 5 rings (SSSR count). The zero-order valence-corrected chi connectivity index (χ0v) is 25.9. The summed E-state index contributed by atoms with van der Waals surface area (Å²) in [4.78, 5) is 40.2. The van der Waals surface area contributed by atoms with E-state index in [0.717, 1.165) is 72.5 Å². The first-order valence-electron chi connectivity index (χ1n) is 14.9. The van der Waals surface area contributed by atoms with Gasteiger partial charge in [0.25, 0.3) is 11.5 Å². The molecule has 3 aromatic heterocycles. The van der Waals surface area contributed by atoms with Crippen LogP contribution < -0.4 is 10.9 Å². The fourth-order valence-corrected chi connectivity index (χ4v) is 6.62. The van der Waals surface area contributed by atoms with E-state index in [1.54, 1.807) is 0 Å². The van der Waals surface area contributed by atoms with Gasteiger partial charge in [-0.15, -0.1) is 0 Å². The Kier molecular flexibility index (Phi) is 8.89. The number of hydrogen-bond acceptors (Lipinski definition) is 6. The second-order valence-electron chi connectivity index (χ2n) is 12.3. The van der Waals surface area contributed by atoms with Crippen LogP contribution in [0.3, 0.4) is 0 Å². The average molecular weight is 590 g/mol. The van der Waals surface area contributed by atoms with Crippen molar-refractivity contribution in [2.24, 2.45) is 11.3 Å². The van der Waals surface area contributed by atoms with Crippen LogP contribution in [0.1, 0.15) is 80.1 Å². The number of hydrogen-bond donors (Lipinski definition) is 2. The van der Waals surface area contributed by atoms with Crippen molar-refractivity contribution in [1.29, 1.82) is 0 Å². The Bertz CT molecular complexity index is 1620. The molecule has 7 nitrogen and oxygen atoms in total. The second kappa shape index (κ2) is 12.4. The van der Waals surface area contributed by atoms with Crippen LogP contribution in [0.4, 0.5) is 4.39 Å². The third-order valence-corrected chi connectivity index (χ3v) is 9.57. The van der Waals surface area contributed by atoms with Gasteiger partial charge in [-0.25, -0.2) is 14.4 Å². The zero-order valence-electron chi connectivity index (χ0n) is 25.1. The predicted octanol–water partition coefficient (Wildman–Crippen LogP) is 6.54. The van der Waals surface area contributed by atoms with Gasteiger partial charge < -0.3 is 15.2 Å². The van der Waals surface area contributed by atoms with Crippen molar-refractivity contribution >= 4 is 27.6 Å². The number of pyridine rings is 2. The number of aromatic nitrogens is 3. The normalized spacial score (nSPS) is 16.0. The molecular weight excluding hydrogens is 549 g/mol. The molecule has 2 atom stereocenters. The molecule has 0 fully saturated rings. The van der Waals surface area contributed by atoms with Gasteiger partial charge in [0.05, 0.1) is 6.04 Å². The summed E-state index contributed by atoms with van der Waals surface area (Å²) in [5, 5.41) is 3.65. The lowest BCUT2D eigenvalue weighted by molar-refractivity contribution is 0.0931. The highest BCUT2D eigenvalue weighted by atomic mass is 32.1. The minimum absolute atomic E-state index is 0.208. The Morgan fingerprint density at radius 1 is 1.14 bits per heavy atom. The molecule has 1 aliphatic carbocycles. The molecule has 1 amide bonds. The summed E-state index contributed by atoms with van der Waals surface area (Å²) in [6.45, 7) is 13.8. The third kappa shape index (κ3) is 6.63. The van der Waals surface area contributed by atoms with E-state index in [-0.39, 0.29) is 17.4 Å². The number of nitrogens with zero attached hydrogens (tertiary/aromatic N) is 3. The summed E-state index contributed by atoms with van der Waals surface area (Å²) in [5.41, 5.74) is 4.99. The highest BCUT2D eigenvalue weighted by Crippen LogP contribution is 2.38. The summed E-state index contributed by atoms with van der Waals surface area (Å²) in [5.74, 6) is -0.423. The molecule has 0 spiro atoms. The van der Waals surface area contributed by atoms with Crippen molar-refractivity contribution in [2.45, 2.75) is 66.3 Å². The van der Waals surface area contributed by atoms with Crippen molar-refractivity contribution in [3.63, 3.8) is 0 Å². The lowest BCUT2D eigenvalue weighted by Gasteiger charge is -2.34. The number of thiazole rings is 1. The summed E-state index contributed by atoms with van der Waals surface area (Å²) in [6, 6.07) is 10.8. The molecule has 0 saturated heterocycles. The van der Waals surface area contributed by atoms with Crippen LogP contribution >= 0.6 is 11.3 Å². The topological polar surface area (TPSA) is 91.0 Å². The summed E-state index contributed by atoms with van der Waals surface area (Å²) in [6.07, 6.45) is 5.32. The number of carbonyl (C=O) groups is 1. The molecule has 0 aliphatic heterocycles. The summed E-state index contributed by atoms with van der Waals surface area (Å²) < 4.78 is 13.8. The molecule has 4 aromatic rings. The van der Waals surface area contributed by atoms with Gasteiger partial charge in [-0.05, 0) is 78.9 Å². The fraction of sp³-hybridized carbons (Fsp3) is 0.455. The smallest absolute Gasteiger partial charge is 0.283 e. The van der Waals surface area contributed by atoms with Crippen molar-refractivity contribution in [1.82, 2.24) is 25.2 Å². The highest BCUT2D eigenvalue weighted by Gasteiger charge is 2.30. The van der Waals surface area contributed by atoms with Crippen LogP contribution in [0.25, 0.3) is 21.5 Å². The minimum Gasteiger partial charge on any atom is -0.343 e. The van der Waals surface area contributed by atoms with Crippen LogP contribution in [-0.2, 0) is 12.8 Å². The first kappa shape index (κ1) is 30.0. The van der Waals surface area contributed by atoms with Gasteiger partial charge in [0.15, 0.2) is 10.8 Å². The van der Waals surface area contributed by atoms with Gasteiger partial charge >= 0.3 is 0 Å². The standard InChI is InChI=1S/C33H40FN5O2S/c1-6-39(7-2)15-14-27(21-10-8-20(9-11-21)23-17-25(34)29(40)35-19-23)36-30(41)32-38-28-18-22-16-24(33(3,4)5)12-13-26(22)37-31(28)42-32/h8-11,17-19,24,27H,6-7,12-16H2,1-5H3,(H,35,40)(H,36,41)/t24-,27+/m0/s1. The molecule has 9 heteroatoms. The lowest BCUT2D eigenvalue weighted by Crippen LogP contribution is -2.32. The van der Waals surface area contributed by atoms with Crippen LogP contribution in [0, 0.1) is 17.2 Å². The zero-order chi connectivity index (χ0) is 30.0. The van der Waals surface area contributed by atoms with Crippen LogP contribution in [-0.4, -0.2) is 45.4 Å². The molecule has 0 radical (unpaired) electrons. The number of benzene rings is 1. The first-order valence-corrected chi connectivity index (χ1v) is 15.7. The molecule has 1 aliphatic rings. The van der Waals surface area contributed by atoms with E-state index >= 15 is 0 Å². The molecule has 2 N–H and O–H groups in total. The van der Waals surface area contributed by atoms with Gasteiger partial charge in [-0.2, -0.15) is 0 Å². The molecular formula is C33H40FN5O2S. The quantitative estimate of drug-likeness (QED) is 0.231. The SMILES string of the molecule is CCN(CC)CC[C@@H](NC(=O)c1nc2cc3c(nc2s1)CC[C@H](C(C)(C)C)C3)c1ccc(-c2c[nH]c(=O)c(F)c2)cc1. The number of amides is 1. The Morgan fingerprint density at radius 2 is 1.88 bits per heavy atom. The Morgan fingerprint density at radius 3 is 2.55 bits per heavy atom. The largest absolute Gasteiger partial charge is 0.343 e. The van der Waals surface area contributed by atoms with E-state index in [1.165, 1.54) is 29.2 Å². The summed E-state index contributed by atoms with van der Waals surface area (Å²) in [7, 11) is 0. The van der Waals surface area contributed by atoms with Gasteiger partial charge in [-0.1, -0.05) is 70.2 Å². The monoisotopic (exact) mass is 589 g/mol. The molecule has 222 valence electrons. The van der Waals surface area contributed by atoms with Gasteiger partial charge in [0, 0.05) is 24.0 Å². The number of fused-ring (bicyclic) bond motifs is 2. The maximum Gasteiger partial charge on any atom is 0.283 e. The van der Waals surface area contributed by atoms with Crippen LogP contribution in [0.2, 0.25) is 0 Å². The highest BCUT2D eigenvalue weighted by molar-refractivity contribution is 7.19. The molecule has 0 unspecified atom stereocenters. The molecule has 0 saturated carbocycles.